The molecule has 154 valence electrons. The molecule has 0 radical (unpaired) electrons. The highest BCUT2D eigenvalue weighted by Gasteiger charge is 2.49. The normalized spacial score (nSPS) is 48.6. The number of hydrogen-bond donors (Lipinski definition) is 0. The van der Waals surface area contributed by atoms with E-state index in [2.05, 4.69) is 18.7 Å². The fraction of sp³-hybridized carbons (Fsp3) is 1.00. The molecule has 8 unspecified atom stereocenters. The Hall–Kier alpha value is -0.0400. The van der Waals surface area contributed by atoms with Gasteiger partial charge in [-0.05, 0) is 86.9 Å². The van der Waals surface area contributed by atoms with Gasteiger partial charge in [0.25, 0.3) is 0 Å². The maximum Gasteiger partial charge on any atom is 0.0132 e. The summed E-state index contributed by atoms with van der Waals surface area (Å²) in [6.07, 6.45) is 23.0. The number of rotatable bonds is 3. The number of fused-ring (bicyclic) bond motifs is 2. The first kappa shape index (κ1) is 19.0. The first-order chi connectivity index (χ1) is 13.2. The van der Waals surface area contributed by atoms with E-state index in [1.807, 2.05) is 0 Å². The molecule has 5 saturated carbocycles. The van der Waals surface area contributed by atoms with Crippen molar-refractivity contribution in [2.75, 3.05) is 0 Å². The monoisotopic (exact) mass is 371 g/mol. The van der Waals surface area contributed by atoms with Crippen LogP contribution < -0.4 is 0 Å². The van der Waals surface area contributed by atoms with E-state index in [-0.39, 0.29) is 0 Å². The molecule has 27 heavy (non-hydrogen) atoms. The zero-order valence-corrected chi connectivity index (χ0v) is 18.2. The van der Waals surface area contributed by atoms with Crippen molar-refractivity contribution in [2.24, 2.45) is 35.5 Å². The van der Waals surface area contributed by atoms with E-state index in [0.29, 0.717) is 0 Å². The van der Waals surface area contributed by atoms with Crippen molar-refractivity contribution in [2.45, 2.75) is 128 Å². The summed E-state index contributed by atoms with van der Waals surface area (Å²) in [6, 6.07) is 2.85. The van der Waals surface area contributed by atoms with Gasteiger partial charge in [-0.3, -0.25) is 4.90 Å². The molecule has 0 aliphatic heterocycles. The van der Waals surface area contributed by atoms with E-state index in [9.17, 15) is 0 Å². The van der Waals surface area contributed by atoms with Gasteiger partial charge in [0.1, 0.15) is 0 Å². The standard InChI is InChI=1S/C26H45N/c1-18-14-20-8-6-12-25(23(20)16-18)27(22-10-4-3-5-11-22)26-13-7-9-21-15-19(2)17-24(21)26/h18-26H,3-17H2,1-2H3. The van der Waals surface area contributed by atoms with Crippen LogP contribution in [0.15, 0.2) is 0 Å². The van der Waals surface area contributed by atoms with Gasteiger partial charge < -0.3 is 0 Å². The summed E-state index contributed by atoms with van der Waals surface area (Å²) in [5.41, 5.74) is 0. The van der Waals surface area contributed by atoms with Gasteiger partial charge in [-0.15, -0.1) is 0 Å². The molecule has 0 saturated heterocycles. The molecule has 1 heteroatoms. The van der Waals surface area contributed by atoms with Crippen molar-refractivity contribution in [1.82, 2.24) is 4.90 Å². The lowest BCUT2D eigenvalue weighted by Gasteiger charge is -2.53. The molecule has 0 aromatic heterocycles. The molecule has 5 rings (SSSR count). The Kier molecular flexibility index (Phi) is 5.62. The van der Waals surface area contributed by atoms with Crippen LogP contribution in [0.4, 0.5) is 0 Å². The van der Waals surface area contributed by atoms with Gasteiger partial charge in [-0.25, -0.2) is 0 Å². The fourth-order valence-electron chi connectivity index (χ4n) is 9.01. The van der Waals surface area contributed by atoms with E-state index in [1.54, 1.807) is 38.5 Å². The van der Waals surface area contributed by atoms with Gasteiger partial charge in [0.15, 0.2) is 0 Å². The highest BCUT2D eigenvalue weighted by molar-refractivity contribution is 5.02. The number of hydrogen-bond acceptors (Lipinski definition) is 1. The third kappa shape index (κ3) is 3.64. The average Bonchev–Trinajstić information content (AvgIpc) is 3.24. The van der Waals surface area contributed by atoms with Gasteiger partial charge in [0.05, 0.1) is 0 Å². The molecule has 0 spiro atoms. The third-order valence-corrected chi connectivity index (χ3v) is 9.87. The van der Waals surface area contributed by atoms with Crippen LogP contribution in [0.1, 0.15) is 110 Å². The quantitative estimate of drug-likeness (QED) is 0.513. The van der Waals surface area contributed by atoms with E-state index in [1.165, 1.54) is 57.8 Å². The molecule has 0 N–H and O–H groups in total. The molecule has 8 atom stereocenters. The molecule has 0 heterocycles. The fourth-order valence-corrected chi connectivity index (χ4v) is 9.01. The summed E-state index contributed by atoms with van der Waals surface area (Å²) in [4.78, 5) is 3.29. The summed E-state index contributed by atoms with van der Waals surface area (Å²) in [5.74, 6) is 6.25. The zero-order valence-electron chi connectivity index (χ0n) is 18.2. The third-order valence-electron chi connectivity index (χ3n) is 9.87. The van der Waals surface area contributed by atoms with Gasteiger partial charge in [-0.1, -0.05) is 58.8 Å². The minimum atomic E-state index is 0.943. The Balaban J connectivity index is 1.43. The van der Waals surface area contributed by atoms with Crippen LogP contribution >= 0.6 is 0 Å². The summed E-state index contributed by atoms with van der Waals surface area (Å²) in [6.45, 7) is 5.10. The van der Waals surface area contributed by atoms with E-state index in [0.717, 1.165) is 53.6 Å². The number of nitrogens with zero attached hydrogens (tertiary/aromatic N) is 1. The molecule has 5 fully saturated rings. The van der Waals surface area contributed by atoms with Crippen LogP contribution in [0.2, 0.25) is 0 Å². The Labute approximate surface area is 169 Å². The van der Waals surface area contributed by atoms with Crippen LogP contribution in [-0.2, 0) is 0 Å². The molecule has 0 aromatic carbocycles. The zero-order chi connectivity index (χ0) is 18.4. The average molecular weight is 372 g/mol. The minimum absolute atomic E-state index is 0.943. The largest absolute Gasteiger partial charge is 0.294 e. The molecular formula is C26H45N. The van der Waals surface area contributed by atoms with Crippen LogP contribution in [-0.4, -0.2) is 23.0 Å². The molecule has 5 aliphatic carbocycles. The Morgan fingerprint density at radius 3 is 1.56 bits per heavy atom. The van der Waals surface area contributed by atoms with Gasteiger partial charge >= 0.3 is 0 Å². The van der Waals surface area contributed by atoms with Crippen molar-refractivity contribution >= 4 is 0 Å². The lowest BCUT2D eigenvalue weighted by molar-refractivity contribution is -0.0417. The first-order valence-electron chi connectivity index (χ1n) is 13.0. The highest BCUT2D eigenvalue weighted by atomic mass is 15.2. The summed E-state index contributed by atoms with van der Waals surface area (Å²) in [7, 11) is 0. The second-order valence-electron chi connectivity index (χ2n) is 11.7. The SMILES string of the molecule is CC1CC2CCCC(N(C3CCCCC3)C3CCCC4CC(C)CC43)C2C1. The van der Waals surface area contributed by atoms with Gasteiger partial charge in [0, 0.05) is 18.1 Å². The maximum atomic E-state index is 3.29. The summed E-state index contributed by atoms with van der Waals surface area (Å²) in [5, 5.41) is 0. The lowest BCUT2D eigenvalue weighted by Crippen LogP contribution is -2.57. The van der Waals surface area contributed by atoms with Crippen LogP contribution in [0, 0.1) is 35.5 Å². The van der Waals surface area contributed by atoms with Crippen molar-refractivity contribution in [3.05, 3.63) is 0 Å². The Bertz CT molecular complexity index is 458. The Morgan fingerprint density at radius 2 is 1.04 bits per heavy atom. The van der Waals surface area contributed by atoms with E-state index < -0.39 is 0 Å². The van der Waals surface area contributed by atoms with E-state index >= 15 is 0 Å². The molecular weight excluding hydrogens is 326 g/mol. The maximum absolute atomic E-state index is 3.29. The minimum Gasteiger partial charge on any atom is -0.294 e. The Morgan fingerprint density at radius 1 is 0.519 bits per heavy atom. The van der Waals surface area contributed by atoms with E-state index in [4.69, 9.17) is 0 Å². The van der Waals surface area contributed by atoms with Crippen LogP contribution in [0.25, 0.3) is 0 Å². The van der Waals surface area contributed by atoms with Crippen molar-refractivity contribution in [3.63, 3.8) is 0 Å². The van der Waals surface area contributed by atoms with Crippen molar-refractivity contribution in [1.29, 1.82) is 0 Å². The van der Waals surface area contributed by atoms with Gasteiger partial charge in [-0.2, -0.15) is 0 Å². The molecule has 1 nitrogen and oxygen atoms in total. The molecule has 5 aliphatic rings. The van der Waals surface area contributed by atoms with Gasteiger partial charge in [0.2, 0.25) is 0 Å². The first-order valence-corrected chi connectivity index (χ1v) is 13.0. The topological polar surface area (TPSA) is 3.24 Å². The van der Waals surface area contributed by atoms with Crippen LogP contribution in [0.3, 0.4) is 0 Å². The van der Waals surface area contributed by atoms with Crippen molar-refractivity contribution < 1.29 is 0 Å². The summed E-state index contributed by atoms with van der Waals surface area (Å²) >= 11 is 0. The predicted octanol–water partition coefficient (Wildman–Crippen LogP) is 7.05. The molecule has 0 amide bonds. The molecule has 0 bridgehead atoms. The van der Waals surface area contributed by atoms with Crippen LogP contribution in [0.5, 0.6) is 0 Å². The summed E-state index contributed by atoms with van der Waals surface area (Å²) < 4.78 is 0. The highest BCUT2D eigenvalue weighted by Crippen LogP contribution is 2.52. The second-order valence-corrected chi connectivity index (χ2v) is 11.7. The molecule has 0 aromatic rings. The van der Waals surface area contributed by atoms with Crippen molar-refractivity contribution in [3.8, 4) is 0 Å². The smallest absolute Gasteiger partial charge is 0.0132 e. The second kappa shape index (κ2) is 8.00. The predicted molar refractivity (Wildman–Crippen MR) is 115 cm³/mol. The lowest BCUT2D eigenvalue weighted by atomic mass is 9.71.